The Balaban J connectivity index is 2.14. The number of hydrogen-bond acceptors (Lipinski definition) is 2. The Morgan fingerprint density at radius 3 is 2.74 bits per heavy atom. The lowest BCUT2D eigenvalue weighted by Crippen LogP contribution is -2.16. The van der Waals surface area contributed by atoms with Crippen LogP contribution in [0.15, 0.2) is 47.5 Å². The van der Waals surface area contributed by atoms with Gasteiger partial charge in [0.15, 0.2) is 4.80 Å². The maximum Gasteiger partial charge on any atom is 0.279 e. The van der Waals surface area contributed by atoms with Gasteiger partial charge in [-0.15, -0.1) is 6.42 Å². The van der Waals surface area contributed by atoms with Crippen LogP contribution in [0.4, 0.5) is 0 Å². The lowest BCUT2D eigenvalue weighted by atomic mass is 10.2. The Kier molecular flexibility index (Phi) is 4.33. The van der Waals surface area contributed by atoms with Crippen molar-refractivity contribution in [1.29, 1.82) is 0 Å². The predicted octanol–water partition coefficient (Wildman–Crippen LogP) is 4.04. The Bertz CT molecular complexity index is 991. The number of aryl methyl sites for hydroxylation is 1. The molecule has 3 aromatic rings. The van der Waals surface area contributed by atoms with E-state index in [9.17, 15) is 4.79 Å². The van der Waals surface area contributed by atoms with E-state index in [1.165, 1.54) is 11.3 Å². The second-order valence-corrected chi connectivity index (χ2v) is 6.52. The molecule has 114 valence electrons. The first-order valence-electron chi connectivity index (χ1n) is 6.96. The molecule has 3 rings (SSSR count). The van der Waals surface area contributed by atoms with E-state index in [-0.39, 0.29) is 5.91 Å². The molecule has 0 aliphatic rings. The second kappa shape index (κ2) is 6.41. The van der Waals surface area contributed by atoms with Gasteiger partial charge in [-0.3, -0.25) is 4.79 Å². The third kappa shape index (κ3) is 3.21. The van der Waals surface area contributed by atoms with Gasteiger partial charge in [0, 0.05) is 10.6 Å². The number of hydrogen-bond donors (Lipinski definition) is 0. The molecule has 0 spiro atoms. The zero-order chi connectivity index (χ0) is 16.4. The molecule has 2 aromatic carbocycles. The number of amides is 1. The van der Waals surface area contributed by atoms with Crippen molar-refractivity contribution < 1.29 is 4.79 Å². The van der Waals surface area contributed by atoms with Gasteiger partial charge in [0.25, 0.3) is 5.91 Å². The van der Waals surface area contributed by atoms with Crippen molar-refractivity contribution in [3.8, 4) is 12.3 Å². The highest BCUT2D eigenvalue weighted by atomic mass is 35.5. The van der Waals surface area contributed by atoms with Crippen molar-refractivity contribution in [2.24, 2.45) is 4.99 Å². The first-order valence-corrected chi connectivity index (χ1v) is 8.16. The zero-order valence-electron chi connectivity index (χ0n) is 12.4. The summed E-state index contributed by atoms with van der Waals surface area (Å²) in [7, 11) is 0. The Hall–Kier alpha value is -2.35. The van der Waals surface area contributed by atoms with Crippen LogP contribution in [0.25, 0.3) is 10.2 Å². The Morgan fingerprint density at radius 1 is 1.30 bits per heavy atom. The second-order valence-electron chi connectivity index (χ2n) is 5.07. The van der Waals surface area contributed by atoms with Gasteiger partial charge < -0.3 is 4.57 Å². The van der Waals surface area contributed by atoms with Gasteiger partial charge in [-0.05, 0) is 48.9 Å². The molecule has 3 nitrogen and oxygen atoms in total. The van der Waals surface area contributed by atoms with Crippen molar-refractivity contribution in [3.05, 3.63) is 63.4 Å². The quantitative estimate of drug-likeness (QED) is 0.648. The minimum absolute atomic E-state index is 0.310. The summed E-state index contributed by atoms with van der Waals surface area (Å²) in [4.78, 5) is 17.2. The first-order chi connectivity index (χ1) is 11.1. The smallest absolute Gasteiger partial charge is 0.279 e. The van der Waals surface area contributed by atoms with E-state index in [1.807, 2.05) is 23.6 Å². The van der Waals surface area contributed by atoms with Gasteiger partial charge >= 0.3 is 0 Å². The van der Waals surface area contributed by atoms with Gasteiger partial charge in [0.1, 0.15) is 0 Å². The molecule has 5 heteroatoms. The van der Waals surface area contributed by atoms with Crippen molar-refractivity contribution in [2.75, 3.05) is 0 Å². The predicted molar refractivity (Wildman–Crippen MR) is 94.7 cm³/mol. The molecule has 23 heavy (non-hydrogen) atoms. The van der Waals surface area contributed by atoms with E-state index < -0.39 is 0 Å². The van der Waals surface area contributed by atoms with Crippen molar-refractivity contribution in [2.45, 2.75) is 13.5 Å². The summed E-state index contributed by atoms with van der Waals surface area (Å²) in [5, 5.41) is 0.585. The number of rotatable bonds is 2. The number of carbonyl (C=O) groups is 1. The van der Waals surface area contributed by atoms with Crippen molar-refractivity contribution >= 4 is 39.1 Å². The van der Waals surface area contributed by atoms with Crippen LogP contribution < -0.4 is 4.80 Å². The summed E-state index contributed by atoms with van der Waals surface area (Å²) < 4.78 is 2.94. The summed E-state index contributed by atoms with van der Waals surface area (Å²) in [6.07, 6.45) is 5.46. The van der Waals surface area contributed by atoms with E-state index >= 15 is 0 Å². The summed E-state index contributed by atoms with van der Waals surface area (Å²) in [5.74, 6) is 2.31. The molecule has 0 aliphatic heterocycles. The number of nitrogens with zero attached hydrogens (tertiary/aromatic N) is 2. The van der Waals surface area contributed by atoms with Gasteiger partial charge in [-0.25, -0.2) is 0 Å². The third-order valence-electron chi connectivity index (χ3n) is 3.38. The van der Waals surface area contributed by atoms with E-state index in [1.54, 1.807) is 24.3 Å². The molecule has 1 aromatic heterocycles. The molecule has 1 heterocycles. The molecular formula is C18H13ClN2OS. The van der Waals surface area contributed by atoms with Crippen LogP contribution in [0, 0.1) is 19.3 Å². The summed E-state index contributed by atoms with van der Waals surface area (Å²) in [5.41, 5.74) is 2.64. The number of terminal acetylenes is 1. The van der Waals surface area contributed by atoms with Crippen LogP contribution in [0.5, 0.6) is 0 Å². The molecule has 0 N–H and O–H groups in total. The SMILES string of the molecule is C#CCn1c(=NC(=O)c2ccc(Cl)cc2)sc2cc(C)ccc21. The normalized spacial score (nSPS) is 11.6. The van der Waals surface area contributed by atoms with Crippen LogP contribution in [0.2, 0.25) is 5.02 Å². The lowest BCUT2D eigenvalue weighted by Gasteiger charge is -2.00. The van der Waals surface area contributed by atoms with Crippen LogP contribution >= 0.6 is 22.9 Å². The molecule has 0 atom stereocenters. The standard InChI is InChI=1S/C18H13ClN2OS/c1-3-10-21-15-9-4-12(2)11-16(15)23-18(21)20-17(22)13-5-7-14(19)8-6-13/h1,4-9,11H,10H2,2H3. The maximum atomic E-state index is 12.4. The summed E-state index contributed by atoms with van der Waals surface area (Å²) in [6, 6.07) is 12.8. The maximum absolute atomic E-state index is 12.4. The highest BCUT2D eigenvalue weighted by molar-refractivity contribution is 7.16. The number of benzene rings is 2. The largest absolute Gasteiger partial charge is 0.305 e. The van der Waals surface area contributed by atoms with E-state index in [4.69, 9.17) is 18.0 Å². The summed E-state index contributed by atoms with van der Waals surface area (Å²) >= 11 is 7.30. The topological polar surface area (TPSA) is 34.4 Å². The van der Waals surface area contributed by atoms with Crippen LogP contribution in [-0.2, 0) is 6.54 Å². The van der Waals surface area contributed by atoms with Crippen LogP contribution in [0.3, 0.4) is 0 Å². The van der Waals surface area contributed by atoms with E-state index in [0.29, 0.717) is 21.9 Å². The number of halogens is 1. The number of thiazole rings is 1. The first kappa shape index (κ1) is 15.5. The fourth-order valence-electron chi connectivity index (χ4n) is 2.25. The minimum atomic E-state index is -0.310. The number of aromatic nitrogens is 1. The molecule has 0 radical (unpaired) electrons. The number of fused-ring (bicyclic) bond motifs is 1. The van der Waals surface area contributed by atoms with Gasteiger partial charge in [0.05, 0.1) is 16.8 Å². The van der Waals surface area contributed by atoms with Gasteiger partial charge in [-0.2, -0.15) is 4.99 Å². The minimum Gasteiger partial charge on any atom is -0.305 e. The highest BCUT2D eigenvalue weighted by Gasteiger charge is 2.09. The van der Waals surface area contributed by atoms with E-state index in [0.717, 1.165) is 15.8 Å². The molecule has 0 bridgehead atoms. The molecule has 0 saturated carbocycles. The molecule has 0 unspecified atom stereocenters. The summed E-state index contributed by atoms with van der Waals surface area (Å²) in [6.45, 7) is 2.40. The average Bonchev–Trinajstić information content (AvgIpc) is 2.85. The van der Waals surface area contributed by atoms with Crippen LogP contribution in [0.1, 0.15) is 15.9 Å². The van der Waals surface area contributed by atoms with E-state index in [2.05, 4.69) is 17.0 Å². The molecular weight excluding hydrogens is 328 g/mol. The Morgan fingerprint density at radius 2 is 2.04 bits per heavy atom. The lowest BCUT2D eigenvalue weighted by molar-refractivity contribution is 0.0998. The van der Waals surface area contributed by atoms with Crippen molar-refractivity contribution in [3.63, 3.8) is 0 Å². The van der Waals surface area contributed by atoms with Crippen LogP contribution in [-0.4, -0.2) is 10.5 Å². The fourth-order valence-corrected chi connectivity index (χ4v) is 3.51. The highest BCUT2D eigenvalue weighted by Crippen LogP contribution is 2.19. The zero-order valence-corrected chi connectivity index (χ0v) is 14.0. The molecule has 0 saturated heterocycles. The molecule has 0 aliphatic carbocycles. The third-order valence-corrected chi connectivity index (χ3v) is 4.67. The van der Waals surface area contributed by atoms with Gasteiger partial charge in [0.2, 0.25) is 0 Å². The number of carbonyl (C=O) groups excluding carboxylic acids is 1. The van der Waals surface area contributed by atoms with Crippen molar-refractivity contribution in [1.82, 2.24) is 4.57 Å². The average molecular weight is 341 g/mol. The fraction of sp³-hybridized carbons (Fsp3) is 0.111. The van der Waals surface area contributed by atoms with Gasteiger partial charge in [-0.1, -0.05) is 34.9 Å². The Labute approximate surface area is 142 Å². The molecule has 1 amide bonds. The molecule has 0 fully saturated rings. The monoisotopic (exact) mass is 340 g/mol.